The molecule has 126 valence electrons. The monoisotopic (exact) mass is 328 g/mol. The maximum absolute atomic E-state index is 12.5. The van der Waals surface area contributed by atoms with Gasteiger partial charge in [0.1, 0.15) is 0 Å². The number of rotatable bonds is 2. The van der Waals surface area contributed by atoms with Gasteiger partial charge in [-0.05, 0) is 37.0 Å². The van der Waals surface area contributed by atoms with Crippen molar-refractivity contribution in [3.63, 3.8) is 0 Å². The van der Waals surface area contributed by atoms with Crippen molar-refractivity contribution in [2.45, 2.75) is 51.1 Å². The zero-order valence-electron chi connectivity index (χ0n) is 13.8. The van der Waals surface area contributed by atoms with Gasteiger partial charge < -0.3 is 14.2 Å². The van der Waals surface area contributed by atoms with Crippen LogP contribution in [0.25, 0.3) is 0 Å². The van der Waals surface area contributed by atoms with Crippen LogP contribution in [0.15, 0.2) is 24.3 Å². The lowest BCUT2D eigenvalue weighted by Crippen LogP contribution is -2.27. The van der Waals surface area contributed by atoms with E-state index in [0.717, 1.165) is 24.8 Å². The van der Waals surface area contributed by atoms with E-state index in [2.05, 4.69) is 0 Å². The average molecular weight is 328 g/mol. The van der Waals surface area contributed by atoms with E-state index in [-0.39, 0.29) is 11.2 Å². The fourth-order valence-corrected chi connectivity index (χ4v) is 3.57. The number of carbonyl (C=O) groups excluding carboxylic acids is 2. The summed E-state index contributed by atoms with van der Waals surface area (Å²) in [7, 11) is 0. The van der Waals surface area contributed by atoms with Gasteiger partial charge in [0.05, 0.1) is 5.56 Å². The van der Waals surface area contributed by atoms with Crippen LogP contribution in [0.5, 0.6) is 0 Å². The molecule has 2 aliphatic heterocycles. The van der Waals surface area contributed by atoms with E-state index in [1.165, 1.54) is 0 Å². The Hall–Kier alpha value is -1.98. The molecule has 2 heterocycles. The smallest absolute Gasteiger partial charge is 0.341 e. The minimum atomic E-state index is -0.878. The fraction of sp³-hybridized carbons (Fsp3) is 0.474. The number of hydrogen-bond donors (Lipinski definition) is 0. The van der Waals surface area contributed by atoms with Crippen LogP contribution in [0, 0.1) is 0 Å². The molecule has 24 heavy (non-hydrogen) atoms. The first-order valence-corrected chi connectivity index (χ1v) is 8.36. The molecule has 5 nitrogen and oxygen atoms in total. The molecular formula is C19H20O5. The topological polar surface area (TPSA) is 61.8 Å². The van der Waals surface area contributed by atoms with Crippen molar-refractivity contribution in [3.05, 3.63) is 46.5 Å². The third-order valence-corrected chi connectivity index (χ3v) is 4.92. The summed E-state index contributed by atoms with van der Waals surface area (Å²) >= 11 is 0. The van der Waals surface area contributed by atoms with E-state index in [1.807, 2.05) is 26.0 Å². The number of allylic oxidation sites excluding steroid dienone is 2. The Balaban J connectivity index is 1.77. The van der Waals surface area contributed by atoms with Gasteiger partial charge in [-0.3, -0.25) is 4.79 Å². The Labute approximate surface area is 140 Å². The van der Waals surface area contributed by atoms with Gasteiger partial charge in [0, 0.05) is 23.1 Å². The Kier molecular flexibility index (Phi) is 3.58. The summed E-state index contributed by atoms with van der Waals surface area (Å²) in [6, 6.07) is 3.58. The van der Waals surface area contributed by atoms with Crippen molar-refractivity contribution in [1.29, 1.82) is 0 Å². The van der Waals surface area contributed by atoms with Gasteiger partial charge in [0.2, 0.25) is 6.29 Å². The molecule has 0 saturated carbocycles. The van der Waals surface area contributed by atoms with E-state index in [9.17, 15) is 9.59 Å². The fourth-order valence-electron chi connectivity index (χ4n) is 3.57. The molecule has 2 atom stereocenters. The molecule has 3 aliphatic rings. The predicted molar refractivity (Wildman–Crippen MR) is 85.8 cm³/mol. The molecule has 1 fully saturated rings. The zero-order chi connectivity index (χ0) is 16.9. The van der Waals surface area contributed by atoms with Crippen LogP contribution in [-0.4, -0.2) is 24.6 Å². The molecule has 0 spiro atoms. The van der Waals surface area contributed by atoms with Gasteiger partial charge in [-0.15, -0.1) is 0 Å². The number of cyclic esters (lactones) is 1. The van der Waals surface area contributed by atoms with E-state index in [0.29, 0.717) is 23.3 Å². The Bertz CT molecular complexity index is 740. The molecule has 0 N–H and O–H groups in total. The third kappa shape index (κ3) is 2.39. The van der Waals surface area contributed by atoms with Crippen molar-refractivity contribution in [3.8, 4) is 0 Å². The number of benzene rings is 1. The maximum atomic E-state index is 12.5. The van der Waals surface area contributed by atoms with Crippen LogP contribution >= 0.6 is 0 Å². The van der Waals surface area contributed by atoms with Gasteiger partial charge >= 0.3 is 5.97 Å². The van der Waals surface area contributed by atoms with Crippen LogP contribution in [0.4, 0.5) is 0 Å². The zero-order valence-corrected chi connectivity index (χ0v) is 13.8. The molecule has 1 saturated heterocycles. The SMILES string of the molecule is CC1(C)C=CC(=O)c2c1ccc1c2[C@@H](OC2CCCCO2)OC1=O. The highest BCUT2D eigenvalue weighted by atomic mass is 16.8. The number of ether oxygens (including phenoxy) is 3. The molecule has 1 unspecified atom stereocenters. The molecule has 0 radical (unpaired) electrons. The maximum Gasteiger partial charge on any atom is 0.341 e. The quantitative estimate of drug-likeness (QED) is 0.778. The van der Waals surface area contributed by atoms with Crippen LogP contribution in [-0.2, 0) is 19.6 Å². The van der Waals surface area contributed by atoms with Gasteiger partial charge in [0.15, 0.2) is 12.1 Å². The van der Waals surface area contributed by atoms with Gasteiger partial charge in [-0.25, -0.2) is 4.79 Å². The first-order chi connectivity index (χ1) is 11.5. The molecule has 0 aromatic heterocycles. The number of esters is 1. The van der Waals surface area contributed by atoms with E-state index in [1.54, 1.807) is 12.1 Å². The summed E-state index contributed by atoms with van der Waals surface area (Å²) in [5, 5.41) is 0. The highest BCUT2D eigenvalue weighted by Gasteiger charge is 2.41. The minimum Gasteiger partial charge on any atom is -0.427 e. The largest absolute Gasteiger partial charge is 0.427 e. The second kappa shape index (κ2) is 5.53. The number of hydrogen-bond acceptors (Lipinski definition) is 5. The Morgan fingerprint density at radius 2 is 2.04 bits per heavy atom. The summed E-state index contributed by atoms with van der Waals surface area (Å²) < 4.78 is 16.9. The van der Waals surface area contributed by atoms with Crippen LogP contribution < -0.4 is 0 Å². The lowest BCUT2D eigenvalue weighted by atomic mass is 9.74. The molecule has 4 rings (SSSR count). The third-order valence-electron chi connectivity index (χ3n) is 4.92. The van der Waals surface area contributed by atoms with E-state index >= 15 is 0 Å². The molecule has 0 amide bonds. The van der Waals surface area contributed by atoms with Crippen molar-refractivity contribution in [1.82, 2.24) is 0 Å². The normalized spacial score (nSPS) is 27.6. The van der Waals surface area contributed by atoms with Crippen LogP contribution in [0.3, 0.4) is 0 Å². The molecule has 0 bridgehead atoms. The van der Waals surface area contributed by atoms with Crippen molar-refractivity contribution < 1.29 is 23.8 Å². The first kappa shape index (κ1) is 15.5. The molecule has 1 aromatic rings. The number of ketones is 1. The summed E-state index contributed by atoms with van der Waals surface area (Å²) in [4.78, 5) is 24.7. The lowest BCUT2D eigenvalue weighted by molar-refractivity contribution is -0.239. The standard InChI is InChI=1S/C19H20O5/c1-19(2)9-8-13(20)16-12(19)7-6-11-15(16)18(24-17(11)21)23-14-5-3-4-10-22-14/h6-9,14,18H,3-5,10H2,1-2H3/t14?,18-/m0/s1. The highest BCUT2D eigenvalue weighted by molar-refractivity contribution is 6.11. The molecular weight excluding hydrogens is 308 g/mol. The van der Waals surface area contributed by atoms with Crippen molar-refractivity contribution in [2.24, 2.45) is 0 Å². The summed E-state index contributed by atoms with van der Waals surface area (Å²) in [6.45, 7) is 4.72. The highest BCUT2D eigenvalue weighted by Crippen LogP contribution is 2.42. The van der Waals surface area contributed by atoms with Crippen LogP contribution in [0.1, 0.15) is 71.2 Å². The molecule has 1 aromatic carbocycles. The van der Waals surface area contributed by atoms with Gasteiger partial charge in [-0.2, -0.15) is 0 Å². The first-order valence-electron chi connectivity index (χ1n) is 8.36. The van der Waals surface area contributed by atoms with Crippen molar-refractivity contribution in [2.75, 3.05) is 6.61 Å². The Morgan fingerprint density at radius 3 is 2.79 bits per heavy atom. The van der Waals surface area contributed by atoms with E-state index < -0.39 is 18.5 Å². The minimum absolute atomic E-state index is 0.113. The number of fused-ring (bicyclic) bond motifs is 3. The van der Waals surface area contributed by atoms with Gasteiger partial charge in [-0.1, -0.05) is 26.0 Å². The summed E-state index contributed by atoms with van der Waals surface area (Å²) in [5.74, 6) is -0.564. The predicted octanol–water partition coefficient (Wildman–Crippen LogP) is 3.43. The second-order valence-corrected chi connectivity index (χ2v) is 7.04. The van der Waals surface area contributed by atoms with Crippen molar-refractivity contribution >= 4 is 11.8 Å². The second-order valence-electron chi connectivity index (χ2n) is 7.04. The molecule has 5 heteroatoms. The average Bonchev–Trinajstić information content (AvgIpc) is 2.88. The number of carbonyl (C=O) groups is 2. The summed E-state index contributed by atoms with van der Waals surface area (Å²) in [5.41, 5.74) is 2.11. The summed E-state index contributed by atoms with van der Waals surface area (Å²) in [6.07, 6.45) is 4.96. The van der Waals surface area contributed by atoms with E-state index in [4.69, 9.17) is 14.2 Å². The molecule has 1 aliphatic carbocycles. The van der Waals surface area contributed by atoms with Gasteiger partial charge in [0.25, 0.3) is 0 Å². The lowest BCUT2D eigenvalue weighted by Gasteiger charge is -2.30. The Morgan fingerprint density at radius 1 is 1.21 bits per heavy atom. The van der Waals surface area contributed by atoms with Crippen LogP contribution in [0.2, 0.25) is 0 Å².